The van der Waals surface area contributed by atoms with Crippen LogP contribution in [-0.4, -0.2) is 17.5 Å². The van der Waals surface area contributed by atoms with E-state index >= 15 is 0 Å². The topological polar surface area (TPSA) is 80.3 Å². The molecule has 0 radical (unpaired) electrons. The second-order valence-electron chi connectivity index (χ2n) is 4.73. The summed E-state index contributed by atoms with van der Waals surface area (Å²) in [7, 11) is 0. The Morgan fingerprint density at radius 1 is 0.667 bits per heavy atom. The number of hydrogen-bond acceptors (Lipinski definition) is 4. The number of halogens is 6. The summed E-state index contributed by atoms with van der Waals surface area (Å²) in [6.45, 7) is 3.19. The minimum Gasteiger partial charge on any atom is -0.768 e. The Hall–Kier alpha value is 1.02. The van der Waals surface area contributed by atoms with Crippen LogP contribution in [0, 0.1) is 13.8 Å². The van der Waals surface area contributed by atoms with Crippen molar-refractivity contribution in [2.75, 3.05) is 0 Å². The standard InChI is InChI=1S/2C7H5Cl3O2S.Zn/c2*1-3-2-4(8)5(9)6(10)7(3)13(11)12;/h2*2H,1H3,(H,11,12);/q;;+2/p-2. The van der Waals surface area contributed by atoms with Crippen LogP contribution < -0.4 is 0 Å². The van der Waals surface area contributed by atoms with E-state index in [9.17, 15) is 17.5 Å². The van der Waals surface area contributed by atoms with E-state index in [2.05, 4.69) is 0 Å². The Bertz CT molecular complexity index is 837. The van der Waals surface area contributed by atoms with Crippen molar-refractivity contribution in [1.82, 2.24) is 0 Å². The van der Waals surface area contributed by atoms with E-state index in [1.54, 1.807) is 13.8 Å². The fourth-order valence-corrected chi connectivity index (χ4v) is 4.85. The molecule has 2 rings (SSSR count). The number of aryl methyl sites for hydroxylation is 2. The van der Waals surface area contributed by atoms with Crippen LogP contribution >= 0.6 is 69.6 Å². The van der Waals surface area contributed by atoms with Gasteiger partial charge in [-0.2, -0.15) is 0 Å². The molecule has 2 aromatic carbocycles. The smallest absolute Gasteiger partial charge is 0.768 e. The summed E-state index contributed by atoms with van der Waals surface area (Å²) in [4.78, 5) is -0.00728. The zero-order chi connectivity index (χ0) is 20.3. The first kappa shape index (κ1) is 28.0. The summed E-state index contributed by atoms with van der Waals surface area (Å²) in [6, 6.07) is 2.92. The second kappa shape index (κ2) is 12.0. The molecule has 2 unspecified atom stereocenters. The molecule has 27 heavy (non-hydrogen) atoms. The minimum atomic E-state index is -2.40. The van der Waals surface area contributed by atoms with Gasteiger partial charge in [-0.05, 0) is 59.3 Å². The summed E-state index contributed by atoms with van der Waals surface area (Å²) in [5.41, 5.74) is 0.959. The van der Waals surface area contributed by atoms with E-state index in [-0.39, 0.29) is 59.4 Å². The Morgan fingerprint density at radius 3 is 1.15 bits per heavy atom. The van der Waals surface area contributed by atoms with Crippen LogP contribution in [0.15, 0.2) is 21.9 Å². The predicted octanol–water partition coefficient (Wildman–Crippen LogP) is 6.38. The number of benzene rings is 2. The maximum Gasteiger partial charge on any atom is 2.00 e. The molecular formula is C14H8Cl6O4S2Zn. The summed E-state index contributed by atoms with van der Waals surface area (Å²) in [6.07, 6.45) is 0. The molecule has 0 amide bonds. The first-order valence-electron chi connectivity index (χ1n) is 6.36. The van der Waals surface area contributed by atoms with Gasteiger partial charge in [-0.15, -0.1) is 0 Å². The Kier molecular flexibility index (Phi) is 12.5. The van der Waals surface area contributed by atoms with Crippen molar-refractivity contribution in [3.05, 3.63) is 53.4 Å². The van der Waals surface area contributed by atoms with Gasteiger partial charge in [-0.1, -0.05) is 69.6 Å². The van der Waals surface area contributed by atoms with Gasteiger partial charge >= 0.3 is 19.5 Å². The zero-order valence-corrected chi connectivity index (χ0v) is 22.7. The number of rotatable bonds is 2. The molecule has 0 fully saturated rings. The Morgan fingerprint density at radius 2 is 0.926 bits per heavy atom. The van der Waals surface area contributed by atoms with Crippen molar-refractivity contribution in [3.63, 3.8) is 0 Å². The first-order valence-corrected chi connectivity index (χ1v) is 10.8. The van der Waals surface area contributed by atoms with Gasteiger partial charge in [-0.25, -0.2) is 0 Å². The van der Waals surface area contributed by atoms with Crippen molar-refractivity contribution in [1.29, 1.82) is 0 Å². The minimum absolute atomic E-state index is 0. The third kappa shape index (κ3) is 7.04. The second-order valence-corrected chi connectivity index (χ2v) is 8.82. The van der Waals surface area contributed by atoms with Crippen LogP contribution in [0.25, 0.3) is 0 Å². The molecule has 0 bridgehead atoms. The molecule has 2 atom stereocenters. The van der Waals surface area contributed by atoms with Crippen LogP contribution in [0.3, 0.4) is 0 Å². The van der Waals surface area contributed by atoms with Gasteiger partial charge in [0.1, 0.15) is 0 Å². The van der Waals surface area contributed by atoms with E-state index in [1.807, 2.05) is 0 Å². The van der Waals surface area contributed by atoms with Gasteiger partial charge in [0.05, 0.1) is 30.1 Å². The maximum atomic E-state index is 10.7. The average molecular weight is 582 g/mol. The van der Waals surface area contributed by atoms with Gasteiger partial charge in [0.15, 0.2) is 0 Å². The van der Waals surface area contributed by atoms with Gasteiger partial charge in [0, 0.05) is 9.79 Å². The molecule has 2 aromatic rings. The SMILES string of the molecule is Cc1cc(Cl)c(Cl)c(Cl)c1S(=O)[O-].Cc1cc(Cl)c(Cl)c(Cl)c1S(=O)[O-].[Zn+2]. The van der Waals surface area contributed by atoms with Crippen molar-refractivity contribution in [2.45, 2.75) is 23.6 Å². The van der Waals surface area contributed by atoms with Crippen molar-refractivity contribution in [3.8, 4) is 0 Å². The largest absolute Gasteiger partial charge is 2.00 e. The van der Waals surface area contributed by atoms with Crippen LogP contribution in [-0.2, 0) is 41.6 Å². The van der Waals surface area contributed by atoms with Crippen LogP contribution in [0.2, 0.25) is 30.1 Å². The van der Waals surface area contributed by atoms with E-state index < -0.39 is 22.2 Å². The molecular weight excluding hydrogens is 574 g/mol. The van der Waals surface area contributed by atoms with Gasteiger partial charge in [0.2, 0.25) is 0 Å². The molecule has 0 aliphatic rings. The summed E-state index contributed by atoms with van der Waals surface area (Å²) < 4.78 is 42.9. The fraction of sp³-hybridized carbons (Fsp3) is 0.143. The third-order valence-corrected chi connectivity index (χ3v) is 7.41. The molecule has 144 valence electrons. The molecule has 0 aliphatic heterocycles. The average Bonchev–Trinajstić information content (AvgIpc) is 2.50. The van der Waals surface area contributed by atoms with E-state index in [0.29, 0.717) is 11.1 Å². The Balaban J connectivity index is 0.000000483. The fourth-order valence-electron chi connectivity index (χ4n) is 1.80. The van der Waals surface area contributed by atoms with Gasteiger partial charge in [0.25, 0.3) is 0 Å². The van der Waals surface area contributed by atoms with Crippen molar-refractivity contribution >= 4 is 91.8 Å². The van der Waals surface area contributed by atoms with E-state index in [4.69, 9.17) is 69.6 Å². The van der Waals surface area contributed by atoms with Crippen LogP contribution in [0.5, 0.6) is 0 Å². The molecule has 0 aliphatic carbocycles. The summed E-state index contributed by atoms with van der Waals surface area (Å²) in [5, 5.41) is 0.568. The van der Waals surface area contributed by atoms with Gasteiger partial charge in [-0.3, -0.25) is 8.42 Å². The normalized spacial score (nSPS) is 12.5. The first-order chi connectivity index (χ1) is 11.9. The molecule has 0 heterocycles. The molecule has 0 N–H and O–H groups in total. The number of hydrogen-bond donors (Lipinski definition) is 0. The van der Waals surface area contributed by atoms with E-state index in [0.717, 1.165) is 0 Å². The predicted molar refractivity (Wildman–Crippen MR) is 107 cm³/mol. The van der Waals surface area contributed by atoms with Crippen molar-refractivity contribution < 1.29 is 37.0 Å². The summed E-state index contributed by atoms with van der Waals surface area (Å²) >= 11 is 29.3. The molecule has 0 saturated heterocycles. The van der Waals surface area contributed by atoms with Crippen LogP contribution in [0.4, 0.5) is 0 Å². The third-order valence-electron chi connectivity index (χ3n) is 2.94. The molecule has 0 aromatic heterocycles. The summed E-state index contributed by atoms with van der Waals surface area (Å²) in [5.74, 6) is 0. The quantitative estimate of drug-likeness (QED) is 0.234. The van der Waals surface area contributed by atoms with Crippen molar-refractivity contribution in [2.24, 2.45) is 0 Å². The Labute approximate surface area is 204 Å². The maximum absolute atomic E-state index is 10.7. The van der Waals surface area contributed by atoms with E-state index in [1.165, 1.54) is 12.1 Å². The molecule has 13 heteroatoms. The molecule has 4 nitrogen and oxygen atoms in total. The van der Waals surface area contributed by atoms with Crippen LogP contribution in [0.1, 0.15) is 11.1 Å². The zero-order valence-electron chi connectivity index (χ0n) is 13.6. The monoisotopic (exact) mass is 578 g/mol. The van der Waals surface area contributed by atoms with Gasteiger partial charge < -0.3 is 9.11 Å². The molecule has 0 spiro atoms. The molecule has 0 saturated carbocycles.